The van der Waals surface area contributed by atoms with Crippen LogP contribution in [-0.4, -0.2) is 67.4 Å². The van der Waals surface area contributed by atoms with Crippen LogP contribution in [0.25, 0.3) is 0 Å². The average molecular weight is 244 g/mol. The van der Waals surface area contributed by atoms with Crippen LogP contribution < -0.4 is 0 Å². The fraction of sp³-hybridized carbons (Fsp3) is 0.917. The maximum Gasteiger partial charge on any atom is 0.409 e. The van der Waals surface area contributed by atoms with Crippen molar-refractivity contribution >= 4 is 6.09 Å². The molecule has 1 N–H and O–H groups in total. The van der Waals surface area contributed by atoms with Crippen molar-refractivity contribution in [2.75, 3.05) is 40.8 Å². The van der Waals surface area contributed by atoms with Crippen LogP contribution in [0.2, 0.25) is 0 Å². The van der Waals surface area contributed by atoms with E-state index in [0.717, 1.165) is 25.7 Å². The minimum atomic E-state index is -0.527. The van der Waals surface area contributed by atoms with Crippen molar-refractivity contribution in [1.82, 2.24) is 9.80 Å². The van der Waals surface area contributed by atoms with Crippen molar-refractivity contribution in [2.24, 2.45) is 0 Å². The maximum absolute atomic E-state index is 11.2. The number of rotatable bonds is 5. The lowest BCUT2D eigenvalue weighted by Gasteiger charge is -2.28. The van der Waals surface area contributed by atoms with E-state index in [0.29, 0.717) is 19.7 Å². The third kappa shape index (κ3) is 4.91. The van der Waals surface area contributed by atoms with Gasteiger partial charge in [0.15, 0.2) is 0 Å². The molecule has 0 aromatic carbocycles. The van der Waals surface area contributed by atoms with Gasteiger partial charge in [0, 0.05) is 27.2 Å². The lowest BCUT2D eigenvalue weighted by atomic mass is 10.0. The predicted octanol–water partition coefficient (Wildman–Crippen LogP) is 0.921. The van der Waals surface area contributed by atoms with Gasteiger partial charge in [0.05, 0.1) is 5.60 Å². The molecule has 1 aliphatic carbocycles. The number of carbonyl (C=O) groups is 1. The van der Waals surface area contributed by atoms with Gasteiger partial charge in [-0.05, 0) is 19.9 Å². The number of hydrogen-bond donors (Lipinski definition) is 1. The molecular formula is C12H24N2O3. The first-order chi connectivity index (χ1) is 7.93. The van der Waals surface area contributed by atoms with E-state index in [2.05, 4.69) is 0 Å². The van der Waals surface area contributed by atoms with Gasteiger partial charge in [-0.25, -0.2) is 4.79 Å². The Kier molecular flexibility index (Phi) is 5.21. The van der Waals surface area contributed by atoms with Crippen LogP contribution in [0.1, 0.15) is 25.7 Å². The van der Waals surface area contributed by atoms with Crippen LogP contribution >= 0.6 is 0 Å². The van der Waals surface area contributed by atoms with Gasteiger partial charge in [0.25, 0.3) is 0 Å². The zero-order valence-corrected chi connectivity index (χ0v) is 11.1. The second-order valence-electron chi connectivity index (χ2n) is 5.18. The average Bonchev–Trinajstić information content (AvgIpc) is 2.64. The highest BCUT2D eigenvalue weighted by atomic mass is 16.6. The second kappa shape index (κ2) is 6.21. The van der Waals surface area contributed by atoms with E-state index < -0.39 is 5.60 Å². The highest BCUT2D eigenvalue weighted by Gasteiger charge is 2.31. The summed E-state index contributed by atoms with van der Waals surface area (Å²) in [5.41, 5.74) is -0.527. The fourth-order valence-electron chi connectivity index (χ4n) is 2.19. The Labute approximate surface area is 103 Å². The molecule has 1 fully saturated rings. The molecule has 0 heterocycles. The SMILES string of the molecule is CN(CCOC(=O)N(C)C)CC1(O)CCCC1. The Hall–Kier alpha value is -0.810. The van der Waals surface area contributed by atoms with Gasteiger partial charge in [0.1, 0.15) is 6.61 Å². The number of amides is 1. The summed E-state index contributed by atoms with van der Waals surface area (Å²) in [6.07, 6.45) is 3.67. The van der Waals surface area contributed by atoms with Gasteiger partial charge in [-0.15, -0.1) is 0 Å². The quantitative estimate of drug-likeness (QED) is 0.781. The van der Waals surface area contributed by atoms with Crippen LogP contribution in [-0.2, 0) is 4.74 Å². The highest BCUT2D eigenvalue weighted by Crippen LogP contribution is 2.29. The molecule has 0 aromatic heterocycles. The Morgan fingerprint density at radius 1 is 1.29 bits per heavy atom. The van der Waals surface area contributed by atoms with Crippen LogP contribution in [0.4, 0.5) is 4.79 Å². The molecule has 0 unspecified atom stereocenters. The van der Waals surface area contributed by atoms with E-state index in [4.69, 9.17) is 4.74 Å². The zero-order chi connectivity index (χ0) is 12.9. The molecule has 0 aliphatic heterocycles. The molecule has 5 heteroatoms. The van der Waals surface area contributed by atoms with Gasteiger partial charge in [-0.2, -0.15) is 0 Å². The van der Waals surface area contributed by atoms with Crippen molar-refractivity contribution in [1.29, 1.82) is 0 Å². The molecule has 17 heavy (non-hydrogen) atoms. The van der Waals surface area contributed by atoms with Gasteiger partial charge in [-0.3, -0.25) is 0 Å². The number of likely N-dealkylation sites (N-methyl/N-ethyl adjacent to an activating group) is 1. The number of nitrogens with zero attached hydrogens (tertiary/aromatic N) is 2. The molecule has 1 rings (SSSR count). The molecule has 0 spiro atoms. The van der Waals surface area contributed by atoms with E-state index in [1.165, 1.54) is 4.90 Å². The Morgan fingerprint density at radius 2 is 1.88 bits per heavy atom. The lowest BCUT2D eigenvalue weighted by Crippen LogP contribution is -2.40. The topological polar surface area (TPSA) is 53.0 Å². The van der Waals surface area contributed by atoms with Crippen molar-refractivity contribution < 1.29 is 14.6 Å². The van der Waals surface area contributed by atoms with E-state index in [1.807, 2.05) is 11.9 Å². The predicted molar refractivity (Wildman–Crippen MR) is 65.9 cm³/mol. The molecule has 0 atom stereocenters. The van der Waals surface area contributed by atoms with Crippen LogP contribution in [0, 0.1) is 0 Å². The number of carbonyl (C=O) groups excluding carboxylic acids is 1. The summed E-state index contributed by atoms with van der Waals surface area (Å²) < 4.78 is 5.04. The van der Waals surface area contributed by atoms with Gasteiger partial charge >= 0.3 is 6.09 Å². The molecule has 0 radical (unpaired) electrons. The maximum atomic E-state index is 11.2. The lowest BCUT2D eigenvalue weighted by molar-refractivity contribution is 0.0114. The summed E-state index contributed by atoms with van der Waals surface area (Å²) in [7, 11) is 5.26. The first-order valence-corrected chi connectivity index (χ1v) is 6.18. The van der Waals surface area contributed by atoms with Crippen molar-refractivity contribution in [3.63, 3.8) is 0 Å². The largest absolute Gasteiger partial charge is 0.448 e. The van der Waals surface area contributed by atoms with Gasteiger partial charge in [0.2, 0.25) is 0 Å². The molecule has 0 saturated heterocycles. The number of aliphatic hydroxyl groups is 1. The molecule has 0 bridgehead atoms. The van der Waals surface area contributed by atoms with Crippen LogP contribution in [0.15, 0.2) is 0 Å². The second-order valence-corrected chi connectivity index (χ2v) is 5.18. The van der Waals surface area contributed by atoms with Crippen LogP contribution in [0.3, 0.4) is 0 Å². The van der Waals surface area contributed by atoms with E-state index in [1.54, 1.807) is 14.1 Å². The smallest absolute Gasteiger partial charge is 0.409 e. The van der Waals surface area contributed by atoms with Crippen LogP contribution in [0.5, 0.6) is 0 Å². The monoisotopic (exact) mass is 244 g/mol. The van der Waals surface area contributed by atoms with Gasteiger partial charge in [-0.1, -0.05) is 12.8 Å². The minimum absolute atomic E-state index is 0.321. The molecule has 1 saturated carbocycles. The molecule has 100 valence electrons. The number of ether oxygens (including phenoxy) is 1. The molecule has 0 aromatic rings. The van der Waals surface area contributed by atoms with Crippen molar-refractivity contribution in [3.8, 4) is 0 Å². The number of hydrogen-bond acceptors (Lipinski definition) is 4. The summed E-state index contributed by atoms with van der Waals surface area (Å²) in [5.74, 6) is 0. The minimum Gasteiger partial charge on any atom is -0.448 e. The molecular weight excluding hydrogens is 220 g/mol. The summed E-state index contributed by atoms with van der Waals surface area (Å²) in [5, 5.41) is 10.2. The Morgan fingerprint density at radius 3 is 2.41 bits per heavy atom. The third-order valence-electron chi connectivity index (χ3n) is 3.16. The summed E-state index contributed by atoms with van der Waals surface area (Å²) in [4.78, 5) is 14.6. The Bertz CT molecular complexity index is 250. The van der Waals surface area contributed by atoms with Gasteiger partial charge < -0.3 is 19.6 Å². The van der Waals surface area contributed by atoms with E-state index in [9.17, 15) is 9.90 Å². The first kappa shape index (κ1) is 14.3. The van der Waals surface area contributed by atoms with Crippen molar-refractivity contribution in [3.05, 3.63) is 0 Å². The first-order valence-electron chi connectivity index (χ1n) is 6.18. The summed E-state index contributed by atoms with van der Waals surface area (Å²) in [6.45, 7) is 1.68. The Balaban J connectivity index is 2.17. The molecule has 5 nitrogen and oxygen atoms in total. The highest BCUT2D eigenvalue weighted by molar-refractivity contribution is 5.66. The van der Waals surface area contributed by atoms with E-state index >= 15 is 0 Å². The zero-order valence-electron chi connectivity index (χ0n) is 11.1. The third-order valence-corrected chi connectivity index (χ3v) is 3.16. The summed E-state index contributed by atoms with van der Waals surface area (Å²) in [6, 6.07) is 0. The van der Waals surface area contributed by atoms with E-state index in [-0.39, 0.29) is 6.09 Å². The van der Waals surface area contributed by atoms with Crippen molar-refractivity contribution in [2.45, 2.75) is 31.3 Å². The molecule has 1 aliphatic rings. The molecule has 1 amide bonds. The summed E-state index contributed by atoms with van der Waals surface area (Å²) >= 11 is 0. The normalized spacial score (nSPS) is 18.4. The standard InChI is InChI=1S/C12H24N2O3/c1-13(2)11(15)17-9-8-14(3)10-12(16)6-4-5-7-12/h16H,4-10H2,1-3H3. The fourth-order valence-corrected chi connectivity index (χ4v) is 2.19.